The summed E-state index contributed by atoms with van der Waals surface area (Å²) in [6, 6.07) is 5.29. The van der Waals surface area contributed by atoms with Crippen LogP contribution in [0.5, 0.6) is 0 Å². The van der Waals surface area contributed by atoms with Gasteiger partial charge in [-0.3, -0.25) is 14.1 Å². The smallest absolute Gasteiger partial charge is 0.337 e. The summed E-state index contributed by atoms with van der Waals surface area (Å²) >= 11 is 0. The van der Waals surface area contributed by atoms with E-state index in [1.54, 1.807) is 4.72 Å². The molecule has 0 atom stereocenters. The molecule has 9 nitrogen and oxygen atoms in total. The fraction of sp³-hybridized carbons (Fsp3) is 0. The lowest BCUT2D eigenvalue weighted by molar-refractivity contribution is 0.0696. The molecule has 2 aromatic carbocycles. The Morgan fingerprint density at radius 3 is 2.29 bits per heavy atom. The molecule has 0 spiro atoms. The van der Waals surface area contributed by atoms with Crippen molar-refractivity contribution in [1.82, 2.24) is 9.55 Å². The fourth-order valence-electron chi connectivity index (χ4n) is 3.38. The highest BCUT2D eigenvalue weighted by molar-refractivity contribution is 7.92. The lowest BCUT2D eigenvalue weighted by Gasteiger charge is -2.17. The second-order valence-corrected chi connectivity index (χ2v) is 8.71. The summed E-state index contributed by atoms with van der Waals surface area (Å²) in [5, 5.41) is 9.31. The lowest BCUT2D eigenvalue weighted by atomic mass is 10.1. The fourth-order valence-corrected chi connectivity index (χ4v) is 4.59. The zero-order valence-corrected chi connectivity index (χ0v) is 17.9. The number of pyridine rings is 1. The first kappa shape index (κ1) is 23.7. The predicted molar refractivity (Wildman–Crippen MR) is 114 cm³/mol. The number of carboxylic acids is 1. The molecule has 180 valence electrons. The normalized spacial score (nSPS) is 11.5. The van der Waals surface area contributed by atoms with Crippen molar-refractivity contribution in [2.45, 2.75) is 4.90 Å². The second kappa shape index (κ2) is 8.39. The molecular formula is C21H12F4N4O5S. The van der Waals surface area contributed by atoms with E-state index >= 15 is 4.39 Å². The Morgan fingerprint density at radius 2 is 1.69 bits per heavy atom. The second-order valence-electron chi connectivity index (χ2n) is 7.09. The van der Waals surface area contributed by atoms with Crippen molar-refractivity contribution in [2.75, 3.05) is 4.72 Å². The third kappa shape index (κ3) is 4.03. The number of primary amides is 1. The number of nitrogens with two attached hydrogens (primary N) is 1. The van der Waals surface area contributed by atoms with E-state index in [4.69, 9.17) is 10.8 Å². The van der Waals surface area contributed by atoms with E-state index in [-0.39, 0.29) is 16.6 Å². The average molecular weight is 508 g/mol. The van der Waals surface area contributed by atoms with Crippen molar-refractivity contribution in [2.24, 2.45) is 5.73 Å². The number of hydrogen-bond donors (Lipinski definition) is 3. The first-order chi connectivity index (χ1) is 16.4. The summed E-state index contributed by atoms with van der Waals surface area (Å²) in [7, 11) is -5.16. The summed E-state index contributed by atoms with van der Waals surface area (Å²) in [4.78, 5) is 25.3. The molecule has 0 aliphatic heterocycles. The highest BCUT2D eigenvalue weighted by Crippen LogP contribution is 2.34. The van der Waals surface area contributed by atoms with Gasteiger partial charge in [-0.25, -0.2) is 35.8 Å². The average Bonchev–Trinajstić information content (AvgIpc) is 3.18. The molecule has 0 fully saturated rings. The first-order valence-electron chi connectivity index (χ1n) is 9.41. The van der Waals surface area contributed by atoms with Gasteiger partial charge in [-0.15, -0.1) is 0 Å². The Labute approximate surface area is 193 Å². The van der Waals surface area contributed by atoms with Crippen LogP contribution in [-0.4, -0.2) is 35.0 Å². The number of anilines is 1. The molecule has 0 saturated heterocycles. The third-order valence-corrected chi connectivity index (χ3v) is 6.30. The van der Waals surface area contributed by atoms with Crippen molar-refractivity contribution in [3.8, 4) is 5.69 Å². The topological polar surface area (TPSA) is 144 Å². The van der Waals surface area contributed by atoms with Crippen LogP contribution in [-0.2, 0) is 10.0 Å². The lowest BCUT2D eigenvalue weighted by Crippen LogP contribution is -2.22. The van der Waals surface area contributed by atoms with Crippen LogP contribution in [0.1, 0.15) is 20.7 Å². The van der Waals surface area contributed by atoms with Crippen LogP contribution in [0.15, 0.2) is 53.7 Å². The number of aromatic carboxylic acids is 1. The maximum atomic E-state index is 15.3. The number of benzene rings is 2. The van der Waals surface area contributed by atoms with Gasteiger partial charge in [0, 0.05) is 23.8 Å². The van der Waals surface area contributed by atoms with Crippen molar-refractivity contribution in [1.29, 1.82) is 0 Å². The van der Waals surface area contributed by atoms with Crippen LogP contribution in [0, 0.1) is 23.3 Å². The Bertz CT molecular complexity index is 1630. The Kier molecular flexibility index (Phi) is 5.68. The van der Waals surface area contributed by atoms with Crippen LogP contribution < -0.4 is 10.5 Å². The first-order valence-corrected chi connectivity index (χ1v) is 10.9. The number of sulfonamides is 1. The van der Waals surface area contributed by atoms with Crippen molar-refractivity contribution < 1.29 is 40.7 Å². The summed E-state index contributed by atoms with van der Waals surface area (Å²) in [5.41, 5.74) is 1.82. The van der Waals surface area contributed by atoms with Crippen molar-refractivity contribution in [3.63, 3.8) is 0 Å². The summed E-state index contributed by atoms with van der Waals surface area (Å²) < 4.78 is 86.5. The molecule has 0 aliphatic rings. The zero-order chi connectivity index (χ0) is 25.7. The van der Waals surface area contributed by atoms with Crippen LogP contribution in [0.25, 0.3) is 16.7 Å². The minimum Gasteiger partial charge on any atom is -0.478 e. The van der Waals surface area contributed by atoms with E-state index in [2.05, 4.69) is 4.98 Å². The monoisotopic (exact) mass is 508 g/mol. The highest BCUT2D eigenvalue weighted by atomic mass is 32.2. The minimum absolute atomic E-state index is 0.0573. The number of hydrogen-bond acceptors (Lipinski definition) is 5. The van der Waals surface area contributed by atoms with Crippen molar-refractivity contribution in [3.05, 3.63) is 83.2 Å². The van der Waals surface area contributed by atoms with Crippen LogP contribution in [0.3, 0.4) is 0 Å². The molecule has 35 heavy (non-hydrogen) atoms. The number of aromatic nitrogens is 2. The van der Waals surface area contributed by atoms with E-state index in [9.17, 15) is 31.2 Å². The van der Waals surface area contributed by atoms with Gasteiger partial charge in [-0.1, -0.05) is 6.07 Å². The summed E-state index contributed by atoms with van der Waals surface area (Å²) in [5.74, 6) is -9.08. The molecule has 2 aromatic heterocycles. The van der Waals surface area contributed by atoms with Gasteiger partial charge in [-0.05, 0) is 24.3 Å². The van der Waals surface area contributed by atoms with E-state index in [1.165, 1.54) is 18.3 Å². The van der Waals surface area contributed by atoms with Gasteiger partial charge in [0.1, 0.15) is 34.3 Å². The van der Waals surface area contributed by atoms with E-state index in [0.29, 0.717) is 18.2 Å². The maximum absolute atomic E-state index is 15.3. The molecule has 0 aliphatic carbocycles. The quantitative estimate of drug-likeness (QED) is 0.341. The van der Waals surface area contributed by atoms with Gasteiger partial charge >= 0.3 is 5.97 Å². The summed E-state index contributed by atoms with van der Waals surface area (Å²) in [6.07, 6.45) is 2.13. The number of carbonyl (C=O) groups excluding carboxylic acids is 1. The van der Waals surface area contributed by atoms with E-state index < -0.39 is 67.0 Å². The Balaban J connectivity index is 1.99. The number of amides is 1. The minimum atomic E-state index is -5.16. The number of halogens is 4. The Hall–Kier alpha value is -4.46. The molecule has 0 radical (unpaired) electrons. The SMILES string of the molecule is NC(=O)c1c(F)cc(-n2ccc3cc(C(=O)O)cnc32)c(NS(=O)(=O)c2c(F)cccc2F)c1F. The van der Waals surface area contributed by atoms with Gasteiger partial charge in [0.15, 0.2) is 10.7 Å². The van der Waals surface area contributed by atoms with Gasteiger partial charge in [0.2, 0.25) is 0 Å². The van der Waals surface area contributed by atoms with Gasteiger partial charge in [0.25, 0.3) is 15.9 Å². The van der Waals surface area contributed by atoms with E-state index in [0.717, 1.165) is 16.8 Å². The van der Waals surface area contributed by atoms with Gasteiger partial charge in [0.05, 0.1) is 11.3 Å². The molecule has 0 saturated carbocycles. The molecule has 2 heterocycles. The molecular weight excluding hydrogens is 496 g/mol. The molecule has 4 N–H and O–H groups in total. The molecule has 0 unspecified atom stereocenters. The Morgan fingerprint density at radius 1 is 1.03 bits per heavy atom. The molecule has 14 heteroatoms. The van der Waals surface area contributed by atoms with Crippen LogP contribution >= 0.6 is 0 Å². The largest absolute Gasteiger partial charge is 0.478 e. The van der Waals surface area contributed by atoms with Gasteiger partial charge in [-0.2, -0.15) is 0 Å². The summed E-state index contributed by atoms with van der Waals surface area (Å²) in [6.45, 7) is 0. The molecule has 4 aromatic rings. The maximum Gasteiger partial charge on any atom is 0.337 e. The number of carboxylic acid groups (broad SMARTS) is 1. The number of nitrogens with zero attached hydrogens (tertiary/aromatic N) is 2. The zero-order valence-electron chi connectivity index (χ0n) is 17.1. The highest BCUT2D eigenvalue weighted by Gasteiger charge is 2.30. The number of nitrogens with one attached hydrogen (secondary N) is 1. The van der Waals surface area contributed by atoms with Gasteiger partial charge < -0.3 is 10.8 Å². The van der Waals surface area contributed by atoms with E-state index in [1.807, 2.05) is 0 Å². The molecule has 0 bridgehead atoms. The van der Waals surface area contributed by atoms with Crippen LogP contribution in [0.4, 0.5) is 23.2 Å². The van der Waals surface area contributed by atoms with Crippen molar-refractivity contribution >= 4 is 38.6 Å². The molecule has 4 rings (SSSR count). The third-order valence-electron chi connectivity index (χ3n) is 4.90. The van der Waals surface area contributed by atoms with Crippen LogP contribution in [0.2, 0.25) is 0 Å². The molecule has 1 amide bonds. The predicted octanol–water partition coefficient (Wildman–Crippen LogP) is 3.18. The number of fused-ring (bicyclic) bond motifs is 1. The number of carbonyl (C=O) groups is 2. The number of rotatable bonds is 6. The standard InChI is InChI=1S/C21H12F4N4O5S/c22-11-2-1-3-12(23)18(11)35(33,34)28-17-14(7-13(24)15(16(17)25)19(26)30)29-5-4-9-6-10(21(31)32)8-27-20(9)29/h1-8,28H,(H2,26,30)(H,31,32).